The molecule has 5 heteroatoms. The highest BCUT2D eigenvalue weighted by Crippen LogP contribution is 2.30. The number of nitrogen functional groups attached to an aromatic ring is 1. The van der Waals surface area contributed by atoms with E-state index in [4.69, 9.17) is 5.73 Å². The van der Waals surface area contributed by atoms with Gasteiger partial charge in [0.15, 0.2) is 5.82 Å². The van der Waals surface area contributed by atoms with Crippen LogP contribution in [0.3, 0.4) is 0 Å². The normalized spacial score (nSPS) is 14.1. The fourth-order valence-corrected chi connectivity index (χ4v) is 3.42. The highest BCUT2D eigenvalue weighted by molar-refractivity contribution is 14.1. The third kappa shape index (κ3) is 2.71. The van der Waals surface area contributed by atoms with Crippen molar-refractivity contribution in [2.75, 3.05) is 24.2 Å². The SMILES string of the molecule is CCc1nc(-c2ccc3c(c2)CCCN3C)nc(N)c1I. The Hall–Kier alpha value is -1.37. The van der Waals surface area contributed by atoms with E-state index in [0.717, 1.165) is 40.0 Å². The second-order valence-electron chi connectivity index (χ2n) is 5.42. The molecule has 0 bridgehead atoms. The van der Waals surface area contributed by atoms with Gasteiger partial charge < -0.3 is 10.6 Å². The molecule has 1 aliphatic heterocycles. The Labute approximate surface area is 138 Å². The molecule has 2 heterocycles. The van der Waals surface area contributed by atoms with E-state index >= 15 is 0 Å². The van der Waals surface area contributed by atoms with Gasteiger partial charge in [0.2, 0.25) is 0 Å². The largest absolute Gasteiger partial charge is 0.383 e. The Bertz CT molecular complexity index is 684. The number of anilines is 2. The smallest absolute Gasteiger partial charge is 0.161 e. The molecule has 0 saturated carbocycles. The summed E-state index contributed by atoms with van der Waals surface area (Å²) in [4.78, 5) is 11.5. The third-order valence-corrected chi connectivity index (χ3v) is 5.14. The van der Waals surface area contributed by atoms with Crippen molar-refractivity contribution >= 4 is 34.1 Å². The zero-order valence-electron chi connectivity index (χ0n) is 12.4. The van der Waals surface area contributed by atoms with Crippen molar-refractivity contribution in [3.8, 4) is 11.4 Å². The van der Waals surface area contributed by atoms with Crippen LogP contribution in [0.1, 0.15) is 24.6 Å². The van der Waals surface area contributed by atoms with E-state index in [0.29, 0.717) is 5.82 Å². The zero-order chi connectivity index (χ0) is 15.0. The van der Waals surface area contributed by atoms with Gasteiger partial charge in [-0.1, -0.05) is 6.92 Å². The van der Waals surface area contributed by atoms with Crippen molar-refractivity contribution in [2.45, 2.75) is 26.2 Å². The lowest BCUT2D eigenvalue weighted by Gasteiger charge is -2.27. The quantitative estimate of drug-likeness (QED) is 0.795. The van der Waals surface area contributed by atoms with Crippen LogP contribution in [0, 0.1) is 3.57 Å². The summed E-state index contributed by atoms with van der Waals surface area (Å²) in [6, 6.07) is 6.49. The van der Waals surface area contributed by atoms with Gasteiger partial charge in [-0.3, -0.25) is 0 Å². The van der Waals surface area contributed by atoms with Gasteiger partial charge in [0.1, 0.15) is 5.82 Å². The molecule has 0 spiro atoms. The van der Waals surface area contributed by atoms with E-state index in [-0.39, 0.29) is 0 Å². The summed E-state index contributed by atoms with van der Waals surface area (Å²) in [5.74, 6) is 1.31. The maximum absolute atomic E-state index is 6.03. The molecule has 0 atom stereocenters. The number of fused-ring (bicyclic) bond motifs is 1. The highest BCUT2D eigenvalue weighted by atomic mass is 127. The summed E-state index contributed by atoms with van der Waals surface area (Å²) in [5.41, 5.74) is 10.8. The molecule has 0 fully saturated rings. The molecule has 1 aromatic heterocycles. The van der Waals surface area contributed by atoms with Crippen LogP contribution in [-0.4, -0.2) is 23.6 Å². The van der Waals surface area contributed by atoms with E-state index in [1.807, 2.05) is 0 Å². The summed E-state index contributed by atoms with van der Waals surface area (Å²) in [6.45, 7) is 3.22. The van der Waals surface area contributed by atoms with Gasteiger partial charge in [-0.25, -0.2) is 9.97 Å². The predicted octanol–water partition coefficient (Wildman–Crippen LogP) is 3.28. The highest BCUT2D eigenvalue weighted by Gasteiger charge is 2.16. The first-order valence-electron chi connectivity index (χ1n) is 7.26. The molecule has 4 nitrogen and oxygen atoms in total. The zero-order valence-corrected chi connectivity index (χ0v) is 14.5. The summed E-state index contributed by atoms with van der Waals surface area (Å²) >= 11 is 2.22. The molecule has 0 amide bonds. The Kier molecular flexibility index (Phi) is 4.01. The van der Waals surface area contributed by atoms with Crippen molar-refractivity contribution < 1.29 is 0 Å². The maximum Gasteiger partial charge on any atom is 0.161 e. The fraction of sp³-hybridized carbons (Fsp3) is 0.375. The van der Waals surface area contributed by atoms with Crippen LogP contribution in [0.4, 0.5) is 11.5 Å². The minimum absolute atomic E-state index is 0.576. The topological polar surface area (TPSA) is 55.0 Å². The number of hydrogen-bond acceptors (Lipinski definition) is 4. The minimum atomic E-state index is 0.576. The molecule has 0 saturated heterocycles. The number of nitrogens with two attached hydrogens (primary N) is 1. The molecule has 21 heavy (non-hydrogen) atoms. The van der Waals surface area contributed by atoms with Crippen LogP contribution in [0.15, 0.2) is 18.2 Å². The molecule has 0 radical (unpaired) electrons. The lowest BCUT2D eigenvalue weighted by Crippen LogP contribution is -2.24. The molecule has 0 aliphatic carbocycles. The average molecular weight is 394 g/mol. The van der Waals surface area contributed by atoms with Crippen LogP contribution in [0.25, 0.3) is 11.4 Å². The van der Waals surface area contributed by atoms with Gasteiger partial charge >= 0.3 is 0 Å². The molecule has 2 N–H and O–H groups in total. The Morgan fingerprint density at radius 1 is 1.33 bits per heavy atom. The van der Waals surface area contributed by atoms with Crippen LogP contribution in [-0.2, 0) is 12.8 Å². The van der Waals surface area contributed by atoms with Crippen LogP contribution >= 0.6 is 22.6 Å². The Balaban J connectivity index is 2.07. The predicted molar refractivity (Wildman–Crippen MR) is 95.6 cm³/mol. The molecule has 1 aromatic carbocycles. The summed E-state index contributed by atoms with van der Waals surface area (Å²) in [6.07, 6.45) is 3.18. The first kappa shape index (κ1) is 14.6. The van der Waals surface area contributed by atoms with Crippen LogP contribution in [0.5, 0.6) is 0 Å². The second kappa shape index (κ2) is 5.79. The van der Waals surface area contributed by atoms with Gasteiger partial charge in [0.25, 0.3) is 0 Å². The van der Waals surface area contributed by atoms with E-state index < -0.39 is 0 Å². The van der Waals surface area contributed by atoms with E-state index in [9.17, 15) is 0 Å². The lowest BCUT2D eigenvalue weighted by molar-refractivity contribution is 0.744. The standard InChI is InChI=1S/C16H19IN4/c1-3-12-14(17)15(18)20-16(19-12)11-6-7-13-10(9-11)5-4-8-21(13)2/h6-7,9H,3-5,8H2,1-2H3,(H2,18,19,20). The molecular weight excluding hydrogens is 375 g/mol. The molecule has 0 unspecified atom stereocenters. The van der Waals surface area contributed by atoms with Gasteiger partial charge in [0.05, 0.1) is 9.26 Å². The summed E-state index contributed by atoms with van der Waals surface area (Å²) in [5, 5.41) is 0. The van der Waals surface area contributed by atoms with Crippen LogP contribution < -0.4 is 10.6 Å². The molecular formula is C16H19IN4. The van der Waals surface area contributed by atoms with Crippen molar-refractivity contribution in [1.29, 1.82) is 0 Å². The van der Waals surface area contributed by atoms with Gasteiger partial charge in [-0.2, -0.15) is 0 Å². The maximum atomic E-state index is 6.03. The van der Waals surface area contributed by atoms with Crippen molar-refractivity contribution in [3.05, 3.63) is 33.0 Å². The number of hydrogen-bond donors (Lipinski definition) is 1. The number of aromatic nitrogens is 2. The fourth-order valence-electron chi connectivity index (χ4n) is 2.80. The number of benzene rings is 1. The molecule has 3 rings (SSSR count). The minimum Gasteiger partial charge on any atom is -0.383 e. The number of rotatable bonds is 2. The van der Waals surface area contributed by atoms with Gasteiger partial charge in [-0.05, 0) is 65.6 Å². The Morgan fingerprint density at radius 2 is 2.14 bits per heavy atom. The number of nitrogens with zero attached hydrogens (tertiary/aromatic N) is 3. The van der Waals surface area contributed by atoms with Crippen molar-refractivity contribution in [3.63, 3.8) is 0 Å². The molecule has 2 aromatic rings. The second-order valence-corrected chi connectivity index (χ2v) is 6.49. The third-order valence-electron chi connectivity index (χ3n) is 3.97. The van der Waals surface area contributed by atoms with E-state index in [1.54, 1.807) is 0 Å². The number of halogens is 1. The first-order chi connectivity index (χ1) is 10.1. The van der Waals surface area contributed by atoms with Crippen LogP contribution in [0.2, 0.25) is 0 Å². The van der Waals surface area contributed by atoms with Crippen molar-refractivity contribution in [2.24, 2.45) is 0 Å². The van der Waals surface area contributed by atoms with Gasteiger partial charge in [-0.15, -0.1) is 0 Å². The first-order valence-corrected chi connectivity index (χ1v) is 8.34. The molecule has 1 aliphatic rings. The van der Waals surface area contributed by atoms with E-state index in [2.05, 4.69) is 69.6 Å². The van der Waals surface area contributed by atoms with Crippen molar-refractivity contribution in [1.82, 2.24) is 9.97 Å². The van der Waals surface area contributed by atoms with Gasteiger partial charge in [0, 0.05) is 24.8 Å². The lowest BCUT2D eigenvalue weighted by atomic mass is 9.99. The summed E-state index contributed by atoms with van der Waals surface area (Å²) in [7, 11) is 2.15. The monoisotopic (exact) mass is 394 g/mol. The number of aryl methyl sites for hydroxylation is 2. The van der Waals surface area contributed by atoms with E-state index in [1.165, 1.54) is 17.7 Å². The Morgan fingerprint density at radius 3 is 2.90 bits per heavy atom. The molecule has 110 valence electrons. The summed E-state index contributed by atoms with van der Waals surface area (Å²) < 4.78 is 0.969. The average Bonchev–Trinajstić information content (AvgIpc) is 2.50.